The Hall–Kier alpha value is -3.88. The lowest BCUT2D eigenvalue weighted by molar-refractivity contribution is -0.123. The Balaban J connectivity index is 1.67. The van der Waals surface area contributed by atoms with Crippen molar-refractivity contribution in [3.8, 4) is 11.4 Å². The number of nitrogens with one attached hydrogen (secondary N) is 2. The molecule has 0 saturated carbocycles. The summed E-state index contributed by atoms with van der Waals surface area (Å²) in [7, 11) is 1.60. The van der Waals surface area contributed by atoms with Gasteiger partial charge in [-0.15, -0.1) is 0 Å². The predicted octanol–water partition coefficient (Wildman–Crippen LogP) is 7.62. The fourth-order valence-corrected chi connectivity index (χ4v) is 6.14. The van der Waals surface area contributed by atoms with Crippen LogP contribution in [0.3, 0.4) is 0 Å². The van der Waals surface area contributed by atoms with Gasteiger partial charge in [-0.05, 0) is 81.0 Å². The Kier molecular flexibility index (Phi) is 8.05. The summed E-state index contributed by atoms with van der Waals surface area (Å²) in [5.41, 5.74) is 7.32. The molecule has 0 spiro atoms. The van der Waals surface area contributed by atoms with Gasteiger partial charge in [-0.25, -0.2) is 0 Å². The van der Waals surface area contributed by atoms with E-state index < -0.39 is 5.41 Å². The van der Waals surface area contributed by atoms with Crippen molar-refractivity contribution in [1.82, 2.24) is 14.9 Å². The lowest BCUT2D eigenvalue weighted by atomic mass is 9.93. The zero-order valence-electron chi connectivity index (χ0n) is 24.9. The second kappa shape index (κ2) is 11.4. The van der Waals surface area contributed by atoms with Crippen LogP contribution < -0.4 is 20.3 Å². The summed E-state index contributed by atoms with van der Waals surface area (Å²) in [5, 5.41) is 7.82. The largest absolute Gasteiger partial charge is 0.494 e. The molecule has 218 valence electrons. The smallest absolute Gasteiger partial charge is 0.229 e. The minimum absolute atomic E-state index is 0.0934. The monoisotopic (exact) mass is 601 g/mol. The van der Waals surface area contributed by atoms with Crippen LogP contribution in [0.5, 0.6) is 5.75 Å². The van der Waals surface area contributed by atoms with Crippen molar-refractivity contribution in [2.75, 3.05) is 17.3 Å². The number of rotatable bonds is 6. The lowest BCUT2D eigenvalue weighted by Crippen LogP contribution is -2.30. The van der Waals surface area contributed by atoms with Crippen molar-refractivity contribution in [2.24, 2.45) is 5.41 Å². The number of carbonyl (C=O) groups excluding carboxylic acids is 1. The Morgan fingerprint density at radius 2 is 1.79 bits per heavy atom. The predicted molar refractivity (Wildman–Crippen MR) is 174 cm³/mol. The third kappa shape index (κ3) is 5.37. The first-order chi connectivity index (χ1) is 19.9. The van der Waals surface area contributed by atoms with Gasteiger partial charge < -0.3 is 24.8 Å². The molecule has 4 aromatic rings. The number of benzene rings is 2. The average Bonchev–Trinajstić information content (AvgIpc) is 3.40. The van der Waals surface area contributed by atoms with Crippen LogP contribution in [-0.2, 0) is 4.79 Å². The summed E-state index contributed by atoms with van der Waals surface area (Å²) in [5.74, 6) is 0.457. The SMILES string of the molecule is COc1cc(N2C(=S)N[C@H](c3ccccn3)[C@@H]2c2c(C)c(C)n(-c3cccc(Cl)c3)c2C)ccc1NC(=O)C(C)(C)C. The molecule has 1 aliphatic heterocycles. The van der Waals surface area contributed by atoms with Gasteiger partial charge in [-0.2, -0.15) is 0 Å². The van der Waals surface area contributed by atoms with Crippen LogP contribution in [0.1, 0.15) is 61.1 Å². The van der Waals surface area contributed by atoms with Crippen molar-refractivity contribution in [3.05, 3.63) is 100 Å². The summed E-state index contributed by atoms with van der Waals surface area (Å²) < 4.78 is 8.00. The summed E-state index contributed by atoms with van der Waals surface area (Å²) in [6.07, 6.45) is 1.80. The van der Waals surface area contributed by atoms with Gasteiger partial charge in [-0.1, -0.05) is 44.5 Å². The van der Waals surface area contributed by atoms with Crippen molar-refractivity contribution in [3.63, 3.8) is 0 Å². The van der Waals surface area contributed by atoms with E-state index in [1.807, 2.05) is 75.4 Å². The van der Waals surface area contributed by atoms with Crippen molar-refractivity contribution < 1.29 is 9.53 Å². The molecule has 0 radical (unpaired) electrons. The number of halogens is 1. The van der Waals surface area contributed by atoms with Crippen LogP contribution in [0, 0.1) is 26.2 Å². The van der Waals surface area contributed by atoms with E-state index in [2.05, 4.69) is 46.9 Å². The van der Waals surface area contributed by atoms with Gasteiger partial charge in [-0.3, -0.25) is 9.78 Å². The molecule has 42 heavy (non-hydrogen) atoms. The summed E-state index contributed by atoms with van der Waals surface area (Å²) in [6, 6.07) is 19.1. The summed E-state index contributed by atoms with van der Waals surface area (Å²) >= 11 is 12.4. The fraction of sp³-hybridized carbons (Fsp3) is 0.303. The second-order valence-electron chi connectivity index (χ2n) is 11.6. The highest BCUT2D eigenvalue weighted by molar-refractivity contribution is 7.80. The zero-order chi connectivity index (χ0) is 30.3. The number of thiocarbonyl (C=S) groups is 1. The first-order valence-corrected chi connectivity index (χ1v) is 14.7. The van der Waals surface area contributed by atoms with E-state index in [0.29, 0.717) is 21.6 Å². The Bertz CT molecular complexity index is 1660. The average molecular weight is 602 g/mol. The van der Waals surface area contributed by atoms with E-state index >= 15 is 0 Å². The first kappa shape index (κ1) is 29.6. The highest BCUT2D eigenvalue weighted by Crippen LogP contribution is 2.46. The number of methoxy groups -OCH3 is 1. The fourth-order valence-electron chi connectivity index (χ4n) is 5.61. The number of carbonyl (C=O) groups is 1. The molecule has 3 heterocycles. The number of aromatic nitrogens is 2. The van der Waals surface area contributed by atoms with Gasteiger partial charge in [0.2, 0.25) is 5.91 Å². The van der Waals surface area contributed by atoms with Crippen LogP contribution >= 0.6 is 23.8 Å². The quantitative estimate of drug-likeness (QED) is 0.222. The third-order valence-corrected chi connectivity index (χ3v) is 8.41. The molecule has 1 amide bonds. The molecule has 2 N–H and O–H groups in total. The number of anilines is 2. The maximum atomic E-state index is 12.8. The summed E-state index contributed by atoms with van der Waals surface area (Å²) in [4.78, 5) is 19.6. The maximum absolute atomic E-state index is 12.8. The van der Waals surface area contributed by atoms with Crippen LogP contribution in [0.15, 0.2) is 66.9 Å². The van der Waals surface area contributed by atoms with E-state index in [4.69, 9.17) is 33.5 Å². The second-order valence-corrected chi connectivity index (χ2v) is 12.4. The minimum atomic E-state index is -0.547. The normalized spacial score (nSPS) is 16.9. The van der Waals surface area contributed by atoms with Crippen LogP contribution in [0.4, 0.5) is 11.4 Å². The maximum Gasteiger partial charge on any atom is 0.229 e. The van der Waals surface area contributed by atoms with E-state index in [1.165, 1.54) is 0 Å². The minimum Gasteiger partial charge on any atom is -0.494 e. The van der Waals surface area contributed by atoms with Crippen molar-refractivity contribution in [2.45, 2.75) is 53.6 Å². The highest BCUT2D eigenvalue weighted by Gasteiger charge is 2.43. The first-order valence-electron chi connectivity index (χ1n) is 13.9. The van der Waals surface area contributed by atoms with E-state index in [9.17, 15) is 4.79 Å². The number of hydrogen-bond donors (Lipinski definition) is 2. The highest BCUT2D eigenvalue weighted by atomic mass is 35.5. The molecule has 5 rings (SSSR count). The van der Waals surface area contributed by atoms with Gasteiger partial charge >= 0.3 is 0 Å². The lowest BCUT2D eigenvalue weighted by Gasteiger charge is -2.29. The number of hydrogen-bond acceptors (Lipinski definition) is 4. The van der Waals surface area contributed by atoms with E-state index in [1.54, 1.807) is 13.3 Å². The van der Waals surface area contributed by atoms with E-state index in [0.717, 1.165) is 39.6 Å². The molecule has 2 aromatic heterocycles. The van der Waals surface area contributed by atoms with Gasteiger partial charge in [0.05, 0.1) is 30.6 Å². The zero-order valence-corrected chi connectivity index (χ0v) is 26.5. The van der Waals surface area contributed by atoms with Gasteiger partial charge in [0.1, 0.15) is 5.75 Å². The molecule has 0 unspecified atom stereocenters. The Labute approximate surface area is 257 Å². The van der Waals surface area contributed by atoms with Gasteiger partial charge in [0.25, 0.3) is 0 Å². The molecule has 0 bridgehead atoms. The van der Waals surface area contributed by atoms with Crippen LogP contribution in [0.2, 0.25) is 5.02 Å². The van der Waals surface area contributed by atoms with Crippen LogP contribution in [-0.4, -0.2) is 27.7 Å². The number of amides is 1. The number of ether oxygens (including phenoxy) is 1. The molecule has 2 atom stereocenters. The van der Waals surface area contributed by atoms with Gasteiger partial charge in [0, 0.05) is 51.0 Å². The third-order valence-electron chi connectivity index (χ3n) is 7.86. The van der Waals surface area contributed by atoms with Crippen molar-refractivity contribution in [1.29, 1.82) is 0 Å². The molecule has 9 heteroatoms. The Morgan fingerprint density at radius 3 is 2.43 bits per heavy atom. The molecule has 1 fully saturated rings. The summed E-state index contributed by atoms with van der Waals surface area (Å²) in [6.45, 7) is 12.0. The molecule has 1 saturated heterocycles. The topological polar surface area (TPSA) is 71.4 Å². The molecule has 2 aromatic carbocycles. The molecule has 0 aliphatic carbocycles. The van der Waals surface area contributed by atoms with Gasteiger partial charge in [0.15, 0.2) is 5.11 Å². The van der Waals surface area contributed by atoms with Crippen molar-refractivity contribution >= 4 is 46.2 Å². The van der Waals surface area contributed by atoms with E-state index in [-0.39, 0.29) is 18.0 Å². The Morgan fingerprint density at radius 1 is 1.02 bits per heavy atom. The molecule has 7 nitrogen and oxygen atoms in total. The number of nitrogens with zero attached hydrogens (tertiary/aromatic N) is 3. The molecular formula is C33H36ClN5O2S. The standard InChI is InChI=1S/C33H36ClN5O2S/c1-19-20(2)38(23-12-10-11-22(34)17-23)21(3)28(19)30-29(26-13-8-9-16-35-26)37-32(42)39(30)24-14-15-25(27(18-24)41-7)36-31(40)33(4,5)6/h8-18,29-30H,1-7H3,(H,36,40)(H,37,42)/t29-,30+/m1/s1. The molecule has 1 aliphatic rings. The molecular weight excluding hydrogens is 566 g/mol. The number of pyridine rings is 1. The van der Waals surface area contributed by atoms with Crippen LogP contribution in [0.25, 0.3) is 5.69 Å².